The Hall–Kier alpha value is -1.31. The molecule has 0 saturated carbocycles. The Morgan fingerprint density at radius 2 is 1.89 bits per heavy atom. The van der Waals surface area contributed by atoms with Gasteiger partial charge >= 0.3 is 5.97 Å². The average molecular weight is 250 g/mol. The lowest BCUT2D eigenvalue weighted by molar-refractivity contribution is -0.145. The molecule has 0 fully saturated rings. The third kappa shape index (κ3) is 12.8. The summed E-state index contributed by atoms with van der Waals surface area (Å²) in [5, 5.41) is 0. The van der Waals surface area contributed by atoms with E-state index in [1.165, 1.54) is 26.2 Å². The summed E-state index contributed by atoms with van der Waals surface area (Å²) >= 11 is 0. The van der Waals surface area contributed by atoms with Gasteiger partial charge in [0.2, 0.25) is 0 Å². The molecular weight excluding hydrogens is 224 g/mol. The molecule has 0 amide bonds. The Kier molecular flexibility index (Phi) is 11.3. The van der Waals surface area contributed by atoms with E-state index < -0.39 is 0 Å². The van der Waals surface area contributed by atoms with Crippen molar-refractivity contribution < 1.29 is 9.53 Å². The highest BCUT2D eigenvalue weighted by molar-refractivity contribution is 5.66. The lowest BCUT2D eigenvalue weighted by atomic mass is 10.1. The molecule has 0 spiro atoms. The summed E-state index contributed by atoms with van der Waals surface area (Å²) in [5.74, 6) is -0.180. The molecule has 1 unspecified atom stereocenters. The molecule has 2 heteroatoms. The summed E-state index contributed by atoms with van der Waals surface area (Å²) in [6.45, 7) is 7.02. The van der Waals surface area contributed by atoms with Crippen molar-refractivity contribution in [3.05, 3.63) is 37.0 Å². The molecule has 1 atom stereocenters. The Morgan fingerprint density at radius 1 is 1.17 bits per heavy atom. The second-order valence-electron chi connectivity index (χ2n) is 4.46. The first-order valence-corrected chi connectivity index (χ1v) is 6.78. The fourth-order valence-electron chi connectivity index (χ4n) is 1.71. The van der Waals surface area contributed by atoms with E-state index in [4.69, 9.17) is 4.74 Å². The van der Waals surface area contributed by atoms with Crippen LogP contribution in [-0.2, 0) is 9.53 Å². The van der Waals surface area contributed by atoms with E-state index in [2.05, 4.69) is 18.7 Å². The van der Waals surface area contributed by atoms with Crippen molar-refractivity contribution >= 4 is 5.97 Å². The molecule has 0 rings (SSSR count). The standard InChI is InChI=1S/C16H26O2/c1-4-5-6-7-8-9-10-11-12-13-14-15(2)18-16(3)17/h4-8,15H,1,9-14H2,2-3H3. The lowest BCUT2D eigenvalue weighted by Crippen LogP contribution is -2.11. The van der Waals surface area contributed by atoms with Gasteiger partial charge in [0.05, 0.1) is 6.10 Å². The number of hydrogen-bond donors (Lipinski definition) is 0. The molecule has 0 saturated heterocycles. The number of rotatable bonds is 10. The smallest absolute Gasteiger partial charge is 0.302 e. The zero-order valence-corrected chi connectivity index (χ0v) is 11.7. The molecule has 102 valence electrons. The highest BCUT2D eigenvalue weighted by Gasteiger charge is 2.03. The summed E-state index contributed by atoms with van der Waals surface area (Å²) in [7, 11) is 0. The highest BCUT2D eigenvalue weighted by Crippen LogP contribution is 2.09. The van der Waals surface area contributed by atoms with Crippen LogP contribution in [0.15, 0.2) is 37.0 Å². The maximum Gasteiger partial charge on any atom is 0.302 e. The maximum atomic E-state index is 10.7. The summed E-state index contributed by atoms with van der Waals surface area (Å²) in [6.07, 6.45) is 16.9. The predicted molar refractivity (Wildman–Crippen MR) is 77.4 cm³/mol. The summed E-state index contributed by atoms with van der Waals surface area (Å²) in [6, 6.07) is 0. The van der Waals surface area contributed by atoms with Gasteiger partial charge in [-0.05, 0) is 32.6 Å². The van der Waals surface area contributed by atoms with E-state index in [0.29, 0.717) is 0 Å². The van der Waals surface area contributed by atoms with Gasteiger partial charge in [0.25, 0.3) is 0 Å². The molecule has 0 heterocycles. The van der Waals surface area contributed by atoms with Gasteiger partial charge in [-0.15, -0.1) is 0 Å². The molecule has 18 heavy (non-hydrogen) atoms. The molecule has 0 N–H and O–H groups in total. The molecule has 0 aromatic heterocycles. The molecular formula is C16H26O2. The number of hydrogen-bond acceptors (Lipinski definition) is 2. The highest BCUT2D eigenvalue weighted by atomic mass is 16.5. The minimum absolute atomic E-state index is 0.0615. The van der Waals surface area contributed by atoms with Crippen molar-refractivity contribution in [1.29, 1.82) is 0 Å². The van der Waals surface area contributed by atoms with Gasteiger partial charge in [0.1, 0.15) is 0 Å². The van der Waals surface area contributed by atoms with Crippen LogP contribution < -0.4 is 0 Å². The van der Waals surface area contributed by atoms with Gasteiger partial charge in [-0.2, -0.15) is 0 Å². The normalized spacial score (nSPS) is 13.0. The number of ether oxygens (including phenoxy) is 1. The van der Waals surface area contributed by atoms with Gasteiger partial charge in [0.15, 0.2) is 0 Å². The molecule has 0 aromatic carbocycles. The van der Waals surface area contributed by atoms with E-state index in [-0.39, 0.29) is 12.1 Å². The number of carbonyl (C=O) groups is 1. The number of carbonyl (C=O) groups excluding carboxylic acids is 1. The summed E-state index contributed by atoms with van der Waals surface area (Å²) in [4.78, 5) is 10.7. The Morgan fingerprint density at radius 3 is 2.56 bits per heavy atom. The number of allylic oxidation sites excluding steroid dienone is 5. The van der Waals surface area contributed by atoms with Crippen molar-refractivity contribution in [2.45, 2.75) is 58.5 Å². The molecule has 2 nitrogen and oxygen atoms in total. The fraction of sp³-hybridized carbons (Fsp3) is 0.562. The second-order valence-corrected chi connectivity index (χ2v) is 4.46. The summed E-state index contributed by atoms with van der Waals surface area (Å²) in [5.41, 5.74) is 0. The molecule has 0 aliphatic carbocycles. The predicted octanol–water partition coefficient (Wildman–Crippen LogP) is 4.58. The monoisotopic (exact) mass is 250 g/mol. The van der Waals surface area contributed by atoms with Gasteiger partial charge < -0.3 is 4.74 Å². The molecule has 0 aliphatic rings. The van der Waals surface area contributed by atoms with E-state index in [1.54, 1.807) is 6.08 Å². The third-order valence-electron chi connectivity index (χ3n) is 2.59. The zero-order chi connectivity index (χ0) is 13.6. The van der Waals surface area contributed by atoms with Crippen molar-refractivity contribution in [2.75, 3.05) is 0 Å². The van der Waals surface area contributed by atoms with Crippen LogP contribution in [0.4, 0.5) is 0 Å². The zero-order valence-electron chi connectivity index (χ0n) is 11.7. The number of unbranched alkanes of at least 4 members (excludes halogenated alkanes) is 4. The van der Waals surface area contributed by atoms with Crippen LogP contribution in [0.5, 0.6) is 0 Å². The topological polar surface area (TPSA) is 26.3 Å². The fourth-order valence-corrected chi connectivity index (χ4v) is 1.71. The van der Waals surface area contributed by atoms with E-state index >= 15 is 0 Å². The van der Waals surface area contributed by atoms with Gasteiger partial charge in [-0.3, -0.25) is 4.79 Å². The van der Waals surface area contributed by atoms with Crippen molar-refractivity contribution in [3.63, 3.8) is 0 Å². The minimum Gasteiger partial charge on any atom is -0.463 e. The van der Waals surface area contributed by atoms with Crippen LogP contribution in [0.25, 0.3) is 0 Å². The van der Waals surface area contributed by atoms with Crippen LogP contribution in [0.2, 0.25) is 0 Å². The van der Waals surface area contributed by atoms with E-state index in [0.717, 1.165) is 19.3 Å². The van der Waals surface area contributed by atoms with Crippen molar-refractivity contribution in [3.8, 4) is 0 Å². The first kappa shape index (κ1) is 16.7. The van der Waals surface area contributed by atoms with Gasteiger partial charge in [-0.1, -0.05) is 49.8 Å². The van der Waals surface area contributed by atoms with Crippen LogP contribution in [0.1, 0.15) is 52.4 Å². The minimum atomic E-state index is -0.180. The lowest BCUT2D eigenvalue weighted by Gasteiger charge is -2.10. The van der Waals surface area contributed by atoms with Crippen LogP contribution in [0, 0.1) is 0 Å². The molecule has 0 aromatic rings. The maximum absolute atomic E-state index is 10.7. The van der Waals surface area contributed by atoms with E-state index in [1.807, 2.05) is 19.1 Å². The van der Waals surface area contributed by atoms with Gasteiger partial charge in [0, 0.05) is 6.92 Å². The summed E-state index contributed by atoms with van der Waals surface area (Å²) < 4.78 is 5.07. The Labute approximate surface area is 111 Å². The first-order valence-electron chi connectivity index (χ1n) is 6.78. The quantitative estimate of drug-likeness (QED) is 0.322. The average Bonchev–Trinajstić information content (AvgIpc) is 2.30. The Bertz CT molecular complexity index is 277. The molecule has 0 aliphatic heterocycles. The van der Waals surface area contributed by atoms with Gasteiger partial charge in [-0.25, -0.2) is 0 Å². The molecule has 0 radical (unpaired) electrons. The van der Waals surface area contributed by atoms with Crippen LogP contribution in [-0.4, -0.2) is 12.1 Å². The molecule has 0 bridgehead atoms. The van der Waals surface area contributed by atoms with Crippen LogP contribution >= 0.6 is 0 Å². The third-order valence-corrected chi connectivity index (χ3v) is 2.59. The number of esters is 1. The van der Waals surface area contributed by atoms with E-state index in [9.17, 15) is 4.79 Å². The second kappa shape index (κ2) is 12.2. The largest absolute Gasteiger partial charge is 0.463 e. The van der Waals surface area contributed by atoms with Crippen molar-refractivity contribution in [1.82, 2.24) is 0 Å². The SMILES string of the molecule is C=CC=CC=CCCCCCCC(C)OC(C)=O. The van der Waals surface area contributed by atoms with Crippen LogP contribution in [0.3, 0.4) is 0 Å². The first-order chi connectivity index (χ1) is 8.66. The van der Waals surface area contributed by atoms with Crippen molar-refractivity contribution in [2.24, 2.45) is 0 Å². The Balaban J connectivity index is 3.30.